The van der Waals surface area contributed by atoms with Crippen LogP contribution in [-0.2, 0) is 42.9 Å². The van der Waals surface area contributed by atoms with Gasteiger partial charge in [0.2, 0.25) is 5.78 Å². The van der Waals surface area contributed by atoms with Gasteiger partial charge in [0.25, 0.3) is 0 Å². The number of Topliss-reactive ketones (excluding diaryl/α,β-unsaturated/α-hetero) is 1. The van der Waals surface area contributed by atoms with Crippen molar-refractivity contribution in [1.29, 1.82) is 0 Å². The van der Waals surface area contributed by atoms with Crippen molar-refractivity contribution in [2.45, 2.75) is 26.7 Å². The first-order valence-corrected chi connectivity index (χ1v) is 7.66. The molecule has 0 N–H and O–H groups in total. The zero-order valence-corrected chi connectivity index (χ0v) is 14.8. The van der Waals surface area contributed by atoms with Gasteiger partial charge in [-0.15, -0.1) is 0 Å². The molecule has 0 aliphatic rings. The normalized spacial score (nSPS) is 9.62. The van der Waals surface area contributed by atoms with Gasteiger partial charge >= 0.3 is 23.9 Å². The van der Waals surface area contributed by atoms with Gasteiger partial charge in [0.05, 0.1) is 6.42 Å². The summed E-state index contributed by atoms with van der Waals surface area (Å²) >= 11 is 0. The maximum Gasteiger partial charge on any atom is 0.374 e. The number of carbonyl (C=O) groups excluding carboxylic acids is 5. The van der Waals surface area contributed by atoms with Gasteiger partial charge in [-0.25, -0.2) is 14.4 Å². The molecule has 0 fully saturated rings. The Balaban J connectivity index is 3.85. The van der Waals surface area contributed by atoms with Gasteiger partial charge in [0, 0.05) is 17.6 Å². The minimum atomic E-state index is -1.14. The summed E-state index contributed by atoms with van der Waals surface area (Å²) in [4.78, 5) is 56.4. The highest BCUT2D eigenvalue weighted by Crippen LogP contribution is 1.98. The van der Waals surface area contributed by atoms with E-state index in [-0.39, 0.29) is 44.0 Å². The molecule has 0 amide bonds. The Hall–Kier alpha value is -2.97. The van der Waals surface area contributed by atoms with Gasteiger partial charge in [-0.3, -0.25) is 9.59 Å². The Morgan fingerprint density at radius 3 is 1.42 bits per heavy atom. The molecule has 0 unspecified atom stereocenters. The summed E-state index contributed by atoms with van der Waals surface area (Å²) in [5.41, 5.74) is 0.412. The minimum absolute atomic E-state index is 0.143. The van der Waals surface area contributed by atoms with Crippen molar-refractivity contribution in [3.8, 4) is 0 Å². The number of esters is 4. The van der Waals surface area contributed by atoms with Crippen LogP contribution in [-0.4, -0.2) is 56.1 Å². The molecule has 0 aromatic rings. The molecule has 0 saturated carbocycles. The molecule has 0 atom stereocenters. The zero-order valence-electron chi connectivity index (χ0n) is 14.8. The van der Waals surface area contributed by atoms with Crippen molar-refractivity contribution in [3.05, 3.63) is 24.3 Å². The number of hydrogen-bond donors (Lipinski definition) is 0. The molecule has 0 aromatic carbocycles. The van der Waals surface area contributed by atoms with Gasteiger partial charge in [-0.1, -0.05) is 13.2 Å². The van der Waals surface area contributed by atoms with Crippen LogP contribution in [0.15, 0.2) is 24.3 Å². The molecule has 0 aromatic heterocycles. The van der Waals surface area contributed by atoms with E-state index < -0.39 is 36.1 Å². The van der Waals surface area contributed by atoms with Gasteiger partial charge in [-0.05, 0) is 13.8 Å². The van der Waals surface area contributed by atoms with Crippen molar-refractivity contribution < 1.29 is 42.9 Å². The van der Waals surface area contributed by atoms with Gasteiger partial charge in [0.15, 0.2) is 0 Å². The summed E-state index contributed by atoms with van der Waals surface area (Å²) in [6.07, 6.45) is -0.720. The largest absolute Gasteiger partial charge is 0.462 e. The summed E-state index contributed by atoms with van der Waals surface area (Å²) in [6.45, 7) is 8.87. The second-order valence-corrected chi connectivity index (χ2v) is 5.11. The molecule has 9 nitrogen and oxygen atoms in total. The second kappa shape index (κ2) is 12.4. The van der Waals surface area contributed by atoms with Crippen LogP contribution < -0.4 is 0 Å². The molecule has 0 rings (SSSR count). The minimum Gasteiger partial charge on any atom is -0.462 e. The summed E-state index contributed by atoms with van der Waals surface area (Å²) in [5, 5.41) is 0. The molecular formula is C17H22O9. The highest BCUT2D eigenvalue weighted by atomic mass is 16.6. The van der Waals surface area contributed by atoms with Crippen molar-refractivity contribution in [2.75, 3.05) is 26.4 Å². The van der Waals surface area contributed by atoms with E-state index in [9.17, 15) is 24.0 Å². The third-order valence-corrected chi connectivity index (χ3v) is 2.61. The van der Waals surface area contributed by atoms with E-state index in [1.54, 1.807) is 0 Å². The Labute approximate surface area is 150 Å². The zero-order chi connectivity index (χ0) is 20.1. The van der Waals surface area contributed by atoms with Crippen molar-refractivity contribution in [2.24, 2.45) is 0 Å². The maximum absolute atomic E-state index is 11.5. The lowest BCUT2D eigenvalue weighted by Gasteiger charge is -2.07. The number of rotatable bonds is 12. The van der Waals surface area contributed by atoms with E-state index in [0.29, 0.717) is 0 Å². The van der Waals surface area contributed by atoms with E-state index in [1.807, 2.05) is 0 Å². The summed E-state index contributed by atoms with van der Waals surface area (Å²) in [6, 6.07) is 0. The number of ketones is 1. The standard InChI is InChI=1S/C17H22O9/c1-11(2)15(20)24-8-7-23-14(19)6-5-13(18)17(22)26-10-9-25-16(21)12(3)4/h1,3,5-10H2,2,4H3. The first kappa shape index (κ1) is 23.0. The Morgan fingerprint density at radius 2 is 1.00 bits per heavy atom. The van der Waals surface area contributed by atoms with E-state index in [4.69, 9.17) is 9.47 Å². The molecule has 0 aliphatic carbocycles. The van der Waals surface area contributed by atoms with Gasteiger partial charge < -0.3 is 18.9 Å². The third kappa shape index (κ3) is 10.7. The Kier molecular flexibility index (Phi) is 11.0. The number of carbonyl (C=O) groups is 5. The summed E-state index contributed by atoms with van der Waals surface area (Å²) in [7, 11) is 0. The molecule has 0 spiro atoms. The SMILES string of the molecule is C=C(C)C(=O)OCCOC(=O)CCC(=O)C(=O)OCCOC(=O)C(=C)C. The van der Waals surface area contributed by atoms with E-state index >= 15 is 0 Å². The van der Waals surface area contributed by atoms with E-state index in [0.717, 1.165) is 0 Å². The van der Waals surface area contributed by atoms with Crippen LogP contribution >= 0.6 is 0 Å². The average molecular weight is 370 g/mol. The monoisotopic (exact) mass is 370 g/mol. The predicted molar refractivity (Wildman–Crippen MR) is 87.7 cm³/mol. The summed E-state index contributed by atoms with van der Waals surface area (Å²) in [5.74, 6) is -4.02. The smallest absolute Gasteiger partial charge is 0.374 e. The first-order valence-electron chi connectivity index (χ1n) is 7.66. The molecule has 0 saturated heterocycles. The molecule has 0 aliphatic heterocycles. The fourth-order valence-corrected chi connectivity index (χ4v) is 1.28. The van der Waals surface area contributed by atoms with Crippen molar-refractivity contribution in [1.82, 2.24) is 0 Å². The van der Waals surface area contributed by atoms with Crippen molar-refractivity contribution in [3.63, 3.8) is 0 Å². The fourth-order valence-electron chi connectivity index (χ4n) is 1.28. The second-order valence-electron chi connectivity index (χ2n) is 5.11. The van der Waals surface area contributed by atoms with Crippen LogP contribution in [0.25, 0.3) is 0 Å². The molecule has 0 radical (unpaired) electrons. The average Bonchev–Trinajstić information content (AvgIpc) is 2.59. The quantitative estimate of drug-likeness (QED) is 0.160. The van der Waals surface area contributed by atoms with Crippen LogP contribution in [0.5, 0.6) is 0 Å². The van der Waals surface area contributed by atoms with Crippen molar-refractivity contribution >= 4 is 29.7 Å². The van der Waals surface area contributed by atoms with E-state index in [2.05, 4.69) is 22.6 Å². The first-order chi connectivity index (χ1) is 12.1. The Bertz CT molecular complexity index is 589. The van der Waals surface area contributed by atoms with Crippen LogP contribution in [0.4, 0.5) is 0 Å². The van der Waals surface area contributed by atoms with Gasteiger partial charge in [-0.2, -0.15) is 0 Å². The molecule has 144 valence electrons. The van der Waals surface area contributed by atoms with Crippen LogP contribution in [0.2, 0.25) is 0 Å². The molecule has 9 heteroatoms. The molecule has 0 bridgehead atoms. The Morgan fingerprint density at radius 1 is 0.615 bits per heavy atom. The predicted octanol–water partition coefficient (Wildman–Crippen LogP) is 0.661. The molecule has 0 heterocycles. The molecular weight excluding hydrogens is 348 g/mol. The van der Waals surface area contributed by atoms with Gasteiger partial charge in [0.1, 0.15) is 26.4 Å². The number of ether oxygens (including phenoxy) is 4. The highest BCUT2D eigenvalue weighted by Gasteiger charge is 2.17. The number of hydrogen-bond acceptors (Lipinski definition) is 9. The highest BCUT2D eigenvalue weighted by molar-refractivity contribution is 6.33. The summed E-state index contributed by atoms with van der Waals surface area (Å²) < 4.78 is 18.7. The topological polar surface area (TPSA) is 122 Å². The lowest BCUT2D eigenvalue weighted by atomic mass is 10.2. The third-order valence-electron chi connectivity index (χ3n) is 2.61. The lowest BCUT2D eigenvalue weighted by Crippen LogP contribution is -2.22. The maximum atomic E-state index is 11.5. The molecule has 26 heavy (non-hydrogen) atoms. The fraction of sp³-hybridized carbons (Fsp3) is 0.471. The van der Waals surface area contributed by atoms with Crippen LogP contribution in [0.1, 0.15) is 26.7 Å². The van der Waals surface area contributed by atoms with Crippen LogP contribution in [0.3, 0.4) is 0 Å². The van der Waals surface area contributed by atoms with E-state index in [1.165, 1.54) is 13.8 Å². The van der Waals surface area contributed by atoms with Crippen LogP contribution in [0, 0.1) is 0 Å². The lowest BCUT2D eigenvalue weighted by molar-refractivity contribution is -0.157.